The second-order valence-electron chi connectivity index (χ2n) is 8.34. The van der Waals surface area contributed by atoms with Crippen molar-refractivity contribution < 1.29 is 14.4 Å². The second kappa shape index (κ2) is 9.05. The van der Waals surface area contributed by atoms with E-state index in [0.29, 0.717) is 22.1 Å². The van der Waals surface area contributed by atoms with Gasteiger partial charge in [0.25, 0.3) is 0 Å². The summed E-state index contributed by atoms with van der Waals surface area (Å²) in [6, 6.07) is 13.3. The van der Waals surface area contributed by atoms with Crippen molar-refractivity contribution in [3.63, 3.8) is 0 Å². The van der Waals surface area contributed by atoms with Gasteiger partial charge in [-0.25, -0.2) is 24.1 Å². The molecule has 33 heavy (non-hydrogen) atoms. The molecule has 0 aliphatic carbocycles. The highest BCUT2D eigenvalue weighted by molar-refractivity contribution is 7.15. The summed E-state index contributed by atoms with van der Waals surface area (Å²) in [5.74, 6) is -0.416. The molecule has 0 saturated heterocycles. The molecule has 0 saturated carbocycles. The number of carbonyl (C=O) groups is 1. The minimum Gasteiger partial charge on any atom is -0.306 e. The Morgan fingerprint density at radius 1 is 1.12 bits per heavy atom. The van der Waals surface area contributed by atoms with Gasteiger partial charge in [0.1, 0.15) is 17.8 Å². The number of thiazole rings is 1. The largest absolute Gasteiger partial charge is 0.350 e. The number of benzene rings is 2. The Morgan fingerprint density at radius 2 is 1.88 bits per heavy atom. The van der Waals surface area contributed by atoms with Gasteiger partial charge in [0.2, 0.25) is 0 Å². The Hall–Kier alpha value is -3.69. The zero-order valence-corrected chi connectivity index (χ0v) is 19.1. The predicted octanol–water partition coefficient (Wildman–Crippen LogP) is 6.13. The van der Waals surface area contributed by atoms with Gasteiger partial charge in [-0.05, 0) is 48.0 Å². The third kappa shape index (κ3) is 5.05. The Bertz CT molecular complexity index is 1270. The van der Waals surface area contributed by atoms with E-state index in [1.54, 1.807) is 30.5 Å². The first kappa shape index (κ1) is 22.5. The lowest BCUT2D eigenvalue weighted by Crippen LogP contribution is -2.31. The van der Waals surface area contributed by atoms with Crippen molar-refractivity contribution in [3.8, 4) is 21.8 Å². The average Bonchev–Trinajstić information content (AvgIpc) is 3.27. The summed E-state index contributed by atoms with van der Waals surface area (Å²) in [4.78, 5) is 26.6. The van der Waals surface area contributed by atoms with Crippen molar-refractivity contribution in [1.82, 2.24) is 15.0 Å². The number of anilines is 2. The van der Waals surface area contributed by atoms with E-state index in [1.165, 1.54) is 41.9 Å². The monoisotopic (exact) mass is 463 g/mol. The summed E-state index contributed by atoms with van der Waals surface area (Å²) in [7, 11) is 0. The van der Waals surface area contributed by atoms with Crippen LogP contribution in [-0.2, 0) is 5.41 Å². The average molecular weight is 464 g/mol. The van der Waals surface area contributed by atoms with Gasteiger partial charge in [0, 0.05) is 17.3 Å². The van der Waals surface area contributed by atoms with Gasteiger partial charge in [-0.15, -0.1) is 11.3 Å². The second-order valence-corrected chi connectivity index (χ2v) is 9.34. The molecule has 4 rings (SSSR count). The van der Waals surface area contributed by atoms with Crippen LogP contribution in [0.5, 0.6) is 0 Å². The molecule has 4 aromatic rings. The third-order valence-corrected chi connectivity index (χ3v) is 6.26. The minimum atomic E-state index is -0.769. The van der Waals surface area contributed by atoms with E-state index in [1.807, 2.05) is 6.07 Å². The number of hydrogen-bond donors (Lipinski definition) is 2. The third-order valence-electron chi connectivity index (χ3n) is 4.73. The number of nitrogens with one attached hydrogen (secondary N) is 1. The molecule has 0 aliphatic heterocycles. The maximum Gasteiger partial charge on any atom is 0.350 e. The first-order chi connectivity index (χ1) is 15.7. The van der Waals surface area contributed by atoms with E-state index < -0.39 is 11.8 Å². The number of nitrogens with zero attached hydrogens (tertiary/aromatic N) is 4. The molecule has 2 aromatic carbocycles. The molecule has 0 radical (unpaired) electrons. The van der Waals surface area contributed by atoms with Crippen LogP contribution in [0.4, 0.5) is 20.6 Å². The lowest BCUT2D eigenvalue weighted by Gasteiger charge is -2.17. The number of aromatic nitrogens is 3. The van der Waals surface area contributed by atoms with Crippen LogP contribution in [0.2, 0.25) is 0 Å². The van der Waals surface area contributed by atoms with Crippen LogP contribution in [0.15, 0.2) is 67.1 Å². The molecule has 0 unspecified atom stereocenters. The highest BCUT2D eigenvalue weighted by Crippen LogP contribution is 2.40. The lowest BCUT2D eigenvalue weighted by atomic mass is 9.98. The molecule has 9 heteroatoms. The van der Waals surface area contributed by atoms with Crippen LogP contribution in [0.3, 0.4) is 0 Å². The van der Waals surface area contributed by atoms with E-state index in [2.05, 4.69) is 36.1 Å². The van der Waals surface area contributed by atoms with Gasteiger partial charge in [-0.2, -0.15) is 5.06 Å². The van der Waals surface area contributed by atoms with E-state index in [-0.39, 0.29) is 11.1 Å². The molecule has 2 amide bonds. The van der Waals surface area contributed by atoms with Gasteiger partial charge in [0.15, 0.2) is 0 Å². The lowest BCUT2D eigenvalue weighted by molar-refractivity contribution is 0.216. The number of carbonyl (C=O) groups excluding carboxylic acids is 1. The minimum absolute atomic E-state index is 0.166. The quantitative estimate of drug-likeness (QED) is 0.281. The normalized spacial score (nSPS) is 11.3. The maximum atomic E-state index is 13.1. The molecule has 0 fully saturated rings. The summed E-state index contributed by atoms with van der Waals surface area (Å²) in [6.45, 7) is 6.26. The molecule has 0 aliphatic rings. The summed E-state index contributed by atoms with van der Waals surface area (Å²) >= 11 is 1.54. The molecule has 2 heterocycles. The number of rotatable bonds is 4. The Kier molecular flexibility index (Phi) is 6.17. The Labute approximate surface area is 194 Å². The fraction of sp³-hybridized carbons (Fsp3) is 0.167. The van der Waals surface area contributed by atoms with Crippen molar-refractivity contribution in [3.05, 3.63) is 77.9 Å². The van der Waals surface area contributed by atoms with E-state index in [0.717, 1.165) is 15.4 Å². The Morgan fingerprint density at radius 3 is 2.55 bits per heavy atom. The van der Waals surface area contributed by atoms with E-state index in [9.17, 15) is 14.4 Å². The van der Waals surface area contributed by atoms with Gasteiger partial charge in [-0.1, -0.05) is 32.9 Å². The number of amides is 2. The smallest absolute Gasteiger partial charge is 0.306 e. The van der Waals surface area contributed by atoms with Crippen LogP contribution >= 0.6 is 11.3 Å². The summed E-state index contributed by atoms with van der Waals surface area (Å²) < 4.78 is 13.1. The van der Waals surface area contributed by atoms with E-state index in [4.69, 9.17) is 4.98 Å². The van der Waals surface area contributed by atoms with Gasteiger partial charge < -0.3 is 5.32 Å². The van der Waals surface area contributed by atoms with Crippen molar-refractivity contribution in [2.45, 2.75) is 26.2 Å². The van der Waals surface area contributed by atoms with Crippen molar-refractivity contribution in [1.29, 1.82) is 0 Å². The molecule has 2 N–H and O–H groups in total. The molecule has 2 aromatic heterocycles. The highest BCUT2D eigenvalue weighted by atomic mass is 32.1. The summed E-state index contributed by atoms with van der Waals surface area (Å²) in [5, 5.41) is 14.5. The fourth-order valence-electron chi connectivity index (χ4n) is 3.05. The summed E-state index contributed by atoms with van der Waals surface area (Å²) in [6.07, 6.45) is 3.13. The predicted molar refractivity (Wildman–Crippen MR) is 127 cm³/mol. The Balaban J connectivity index is 1.68. The van der Waals surface area contributed by atoms with Crippen LogP contribution in [0, 0.1) is 5.82 Å². The van der Waals surface area contributed by atoms with Gasteiger partial charge in [0.05, 0.1) is 21.3 Å². The molecule has 0 atom stereocenters. The maximum absolute atomic E-state index is 13.1. The first-order valence-electron chi connectivity index (χ1n) is 10.2. The SMILES string of the molecule is CC(C)(C)c1nc(-c2ccncn2)c(-c2cccc(N(O)C(=O)Nc3ccc(F)cc3)c2)s1. The molecule has 168 valence electrons. The van der Waals surface area contributed by atoms with Crippen LogP contribution in [0.25, 0.3) is 21.8 Å². The van der Waals surface area contributed by atoms with Crippen molar-refractivity contribution >= 4 is 28.7 Å². The zero-order chi connectivity index (χ0) is 23.6. The van der Waals surface area contributed by atoms with Crippen molar-refractivity contribution in [2.75, 3.05) is 10.4 Å². The first-order valence-corrected chi connectivity index (χ1v) is 11.0. The number of hydrogen-bond acceptors (Lipinski definition) is 6. The highest BCUT2D eigenvalue weighted by Gasteiger charge is 2.24. The molecular formula is C24H22FN5O2S. The number of urea groups is 1. The molecular weight excluding hydrogens is 441 g/mol. The van der Waals surface area contributed by atoms with Crippen LogP contribution in [-0.4, -0.2) is 26.2 Å². The standard InChI is InChI=1S/C24H22FN5O2S/c1-24(2,3)22-29-20(19-11-12-26-14-27-19)21(33-22)15-5-4-6-18(13-15)30(32)23(31)28-17-9-7-16(25)8-10-17/h4-14,32H,1-3H3,(H,28,31). The van der Waals surface area contributed by atoms with Gasteiger partial charge in [-0.3, -0.25) is 5.21 Å². The van der Waals surface area contributed by atoms with E-state index >= 15 is 0 Å². The topological polar surface area (TPSA) is 91.2 Å². The van der Waals surface area contributed by atoms with Crippen LogP contribution < -0.4 is 10.4 Å². The molecule has 7 nitrogen and oxygen atoms in total. The summed E-state index contributed by atoms with van der Waals surface area (Å²) in [5.41, 5.74) is 2.64. The molecule has 0 bridgehead atoms. The number of hydroxylamine groups is 1. The van der Waals surface area contributed by atoms with Crippen LogP contribution in [0.1, 0.15) is 25.8 Å². The van der Waals surface area contributed by atoms with Gasteiger partial charge >= 0.3 is 6.03 Å². The van der Waals surface area contributed by atoms with Crippen molar-refractivity contribution in [2.24, 2.45) is 0 Å². The fourth-order valence-corrected chi connectivity index (χ4v) is 4.17. The molecule has 0 spiro atoms. The number of halogens is 1. The zero-order valence-electron chi connectivity index (χ0n) is 18.3.